The maximum Gasteiger partial charge on any atom is 0.404 e. The lowest BCUT2D eigenvalue weighted by atomic mass is 10.1. The van der Waals surface area contributed by atoms with E-state index in [2.05, 4.69) is 5.32 Å². The highest BCUT2D eigenvalue weighted by Gasteiger charge is 2.23. The predicted octanol–water partition coefficient (Wildman–Crippen LogP) is 1.62. The molecule has 5 nitrogen and oxygen atoms in total. The van der Waals surface area contributed by atoms with E-state index in [1.54, 1.807) is 20.8 Å². The highest BCUT2D eigenvalue weighted by Crippen LogP contribution is 2.12. The summed E-state index contributed by atoms with van der Waals surface area (Å²) in [5.41, 5.74) is -0.534. The highest BCUT2D eigenvalue weighted by atomic mass is 16.6. The summed E-state index contributed by atoms with van der Waals surface area (Å²) in [4.78, 5) is 21.8. The van der Waals surface area contributed by atoms with Gasteiger partial charge in [0.1, 0.15) is 5.60 Å². The minimum atomic E-state index is -1.13. The number of hydrogen-bond donors (Lipinski definition) is 2. The van der Waals surface area contributed by atoms with Crippen LogP contribution < -0.4 is 5.32 Å². The van der Waals surface area contributed by atoms with Crippen LogP contribution in [0.25, 0.3) is 0 Å². The van der Waals surface area contributed by atoms with Crippen molar-refractivity contribution in [1.82, 2.24) is 5.32 Å². The number of amides is 1. The molecule has 1 unspecified atom stereocenters. The van der Waals surface area contributed by atoms with Gasteiger partial charge in [-0.25, -0.2) is 4.79 Å². The van der Waals surface area contributed by atoms with Gasteiger partial charge in [0.05, 0.1) is 5.92 Å². The summed E-state index contributed by atoms with van der Waals surface area (Å²) >= 11 is 0. The lowest BCUT2D eigenvalue weighted by Crippen LogP contribution is -2.35. The van der Waals surface area contributed by atoms with E-state index in [0.29, 0.717) is 6.42 Å². The number of carboxylic acid groups (broad SMARTS) is 1. The monoisotopic (exact) mass is 217 g/mol. The van der Waals surface area contributed by atoms with Gasteiger partial charge in [-0.05, 0) is 27.2 Å². The Morgan fingerprint density at radius 1 is 1.40 bits per heavy atom. The number of hydrogen-bond acceptors (Lipinski definition) is 3. The number of carbonyl (C=O) groups excluding carboxylic acids is 1. The summed E-state index contributed by atoms with van der Waals surface area (Å²) in [6.07, 6.45) is -0.577. The van der Waals surface area contributed by atoms with Crippen LogP contribution in [0.4, 0.5) is 4.79 Å². The zero-order chi connectivity index (χ0) is 12.1. The fourth-order valence-corrected chi connectivity index (χ4v) is 0.990. The van der Waals surface area contributed by atoms with Crippen LogP contribution in [0, 0.1) is 5.92 Å². The number of ether oxygens (including phenoxy) is 1. The Labute approximate surface area is 89.8 Å². The first-order valence-corrected chi connectivity index (χ1v) is 4.96. The second-order valence-corrected chi connectivity index (χ2v) is 4.32. The minimum absolute atomic E-state index is 0.0980. The van der Waals surface area contributed by atoms with Crippen molar-refractivity contribution in [3.05, 3.63) is 0 Å². The standard InChI is InChI=1S/C10H19NO4/c1-5-7(6-11-9(13)14)8(12)15-10(2,3)4/h7,11H,5-6H2,1-4H3,(H,13,14). The van der Waals surface area contributed by atoms with E-state index < -0.39 is 17.6 Å². The first kappa shape index (κ1) is 13.7. The molecular weight excluding hydrogens is 198 g/mol. The molecule has 88 valence electrons. The van der Waals surface area contributed by atoms with E-state index in [1.807, 2.05) is 6.92 Å². The van der Waals surface area contributed by atoms with Crippen molar-refractivity contribution >= 4 is 12.1 Å². The molecule has 0 radical (unpaired) electrons. The van der Waals surface area contributed by atoms with Crippen molar-refractivity contribution in [2.24, 2.45) is 5.92 Å². The molecule has 1 amide bonds. The van der Waals surface area contributed by atoms with Crippen molar-refractivity contribution in [2.75, 3.05) is 6.54 Å². The Balaban J connectivity index is 4.16. The number of esters is 1. The van der Waals surface area contributed by atoms with Crippen LogP contribution in [-0.4, -0.2) is 29.3 Å². The number of nitrogens with one attached hydrogen (secondary N) is 1. The predicted molar refractivity (Wildman–Crippen MR) is 55.7 cm³/mol. The van der Waals surface area contributed by atoms with Gasteiger partial charge in [-0.1, -0.05) is 6.92 Å². The first-order valence-electron chi connectivity index (χ1n) is 4.96. The smallest absolute Gasteiger partial charge is 0.404 e. The largest absolute Gasteiger partial charge is 0.465 e. The Kier molecular flexibility index (Phi) is 5.11. The van der Waals surface area contributed by atoms with E-state index in [-0.39, 0.29) is 12.5 Å². The summed E-state index contributed by atoms with van der Waals surface area (Å²) in [6, 6.07) is 0. The van der Waals surface area contributed by atoms with Crippen LogP contribution in [0.5, 0.6) is 0 Å². The van der Waals surface area contributed by atoms with Crippen LogP contribution in [-0.2, 0) is 9.53 Å². The van der Waals surface area contributed by atoms with Crippen LogP contribution in [0.1, 0.15) is 34.1 Å². The molecule has 0 heterocycles. The summed E-state index contributed by atoms with van der Waals surface area (Å²) in [7, 11) is 0. The van der Waals surface area contributed by atoms with Gasteiger partial charge >= 0.3 is 12.1 Å². The number of carbonyl (C=O) groups is 2. The molecule has 0 fully saturated rings. The van der Waals surface area contributed by atoms with E-state index in [4.69, 9.17) is 9.84 Å². The summed E-state index contributed by atoms with van der Waals surface area (Å²) < 4.78 is 5.15. The van der Waals surface area contributed by atoms with Crippen molar-refractivity contribution in [1.29, 1.82) is 0 Å². The molecule has 2 N–H and O–H groups in total. The van der Waals surface area contributed by atoms with Gasteiger partial charge in [0, 0.05) is 6.54 Å². The summed E-state index contributed by atoms with van der Waals surface area (Å²) in [5.74, 6) is -0.779. The normalized spacial score (nSPS) is 13.1. The lowest BCUT2D eigenvalue weighted by Gasteiger charge is -2.23. The molecule has 0 rings (SSSR count). The highest BCUT2D eigenvalue weighted by molar-refractivity contribution is 5.74. The summed E-state index contributed by atoms with van der Waals surface area (Å²) in [5, 5.41) is 10.6. The molecule has 0 aliphatic carbocycles. The number of rotatable bonds is 4. The topological polar surface area (TPSA) is 75.6 Å². The van der Waals surface area contributed by atoms with E-state index in [9.17, 15) is 9.59 Å². The second-order valence-electron chi connectivity index (χ2n) is 4.32. The third-order valence-electron chi connectivity index (χ3n) is 1.73. The molecule has 0 aliphatic heterocycles. The van der Waals surface area contributed by atoms with E-state index in [1.165, 1.54) is 0 Å². The Bertz CT molecular complexity index is 232. The van der Waals surface area contributed by atoms with Gasteiger partial charge in [0.25, 0.3) is 0 Å². The van der Waals surface area contributed by atoms with Crippen molar-refractivity contribution in [3.63, 3.8) is 0 Å². The zero-order valence-electron chi connectivity index (χ0n) is 9.66. The molecule has 5 heteroatoms. The quantitative estimate of drug-likeness (QED) is 0.702. The Hall–Kier alpha value is -1.26. The van der Waals surface area contributed by atoms with Crippen molar-refractivity contribution < 1.29 is 19.4 Å². The fraction of sp³-hybridized carbons (Fsp3) is 0.800. The Morgan fingerprint density at radius 3 is 2.27 bits per heavy atom. The molecule has 0 saturated heterocycles. The summed E-state index contributed by atoms with van der Waals surface area (Å²) in [6.45, 7) is 7.26. The van der Waals surface area contributed by atoms with Crippen LogP contribution >= 0.6 is 0 Å². The van der Waals surface area contributed by atoms with Gasteiger partial charge in [-0.15, -0.1) is 0 Å². The van der Waals surface area contributed by atoms with Crippen LogP contribution in [0.3, 0.4) is 0 Å². The molecule has 0 aliphatic rings. The average Bonchev–Trinajstić information content (AvgIpc) is 2.01. The van der Waals surface area contributed by atoms with Crippen LogP contribution in [0.2, 0.25) is 0 Å². The molecule has 0 aromatic heterocycles. The second kappa shape index (κ2) is 5.58. The molecule has 0 aromatic carbocycles. The van der Waals surface area contributed by atoms with Gasteiger partial charge < -0.3 is 15.2 Å². The molecule has 0 bridgehead atoms. The van der Waals surface area contributed by atoms with E-state index in [0.717, 1.165) is 0 Å². The minimum Gasteiger partial charge on any atom is -0.465 e. The molecule has 0 saturated carbocycles. The Morgan fingerprint density at radius 2 is 1.93 bits per heavy atom. The lowest BCUT2D eigenvalue weighted by molar-refractivity contribution is -0.159. The molecule has 0 spiro atoms. The molecular formula is C10H19NO4. The SMILES string of the molecule is CCC(CNC(=O)O)C(=O)OC(C)(C)C. The maximum absolute atomic E-state index is 11.5. The van der Waals surface area contributed by atoms with Crippen LogP contribution in [0.15, 0.2) is 0 Å². The van der Waals surface area contributed by atoms with Gasteiger partial charge in [0.2, 0.25) is 0 Å². The zero-order valence-corrected chi connectivity index (χ0v) is 9.66. The van der Waals surface area contributed by atoms with Gasteiger partial charge in [-0.3, -0.25) is 4.79 Å². The van der Waals surface area contributed by atoms with Crippen molar-refractivity contribution in [3.8, 4) is 0 Å². The average molecular weight is 217 g/mol. The van der Waals surface area contributed by atoms with Gasteiger partial charge in [0.15, 0.2) is 0 Å². The molecule has 15 heavy (non-hydrogen) atoms. The van der Waals surface area contributed by atoms with E-state index >= 15 is 0 Å². The third-order valence-corrected chi connectivity index (χ3v) is 1.73. The maximum atomic E-state index is 11.5. The molecule has 0 aromatic rings. The van der Waals surface area contributed by atoms with Crippen molar-refractivity contribution in [2.45, 2.75) is 39.7 Å². The third kappa shape index (κ3) is 6.76. The molecule has 1 atom stereocenters. The van der Waals surface area contributed by atoms with Gasteiger partial charge in [-0.2, -0.15) is 0 Å². The fourth-order valence-electron chi connectivity index (χ4n) is 0.990. The first-order chi connectivity index (χ1) is 6.76.